The first-order valence-electron chi connectivity index (χ1n) is 26.4. The minimum Gasteiger partial charge on any atom is -0.411 e. The largest absolute Gasteiger partial charge is 0.411 e. The first-order valence-corrected chi connectivity index (χ1v) is 26.4. The second-order valence-electron chi connectivity index (χ2n) is 19.6. The van der Waals surface area contributed by atoms with Crippen molar-refractivity contribution in [3.8, 4) is 0 Å². The molecule has 0 rings (SSSR count). The zero-order valence-corrected chi connectivity index (χ0v) is 46.8. The molecule has 0 aliphatic heterocycles. The number of oxime groups is 2. The summed E-state index contributed by atoms with van der Waals surface area (Å²) in [7, 11) is 0. The highest BCUT2D eigenvalue weighted by atomic mass is 16.5. The number of allylic oxidation sites excluding steroid dienone is 1. The van der Waals surface area contributed by atoms with Crippen LogP contribution >= 0.6 is 0 Å². The molecule has 23 nitrogen and oxygen atoms in total. The van der Waals surface area contributed by atoms with E-state index in [1.807, 2.05) is 33.8 Å². The summed E-state index contributed by atoms with van der Waals surface area (Å²) in [5.74, 6) is -2.82. The van der Waals surface area contributed by atoms with E-state index in [1.165, 1.54) is 6.42 Å². The molecule has 7 amide bonds. The third-order valence-electron chi connectivity index (χ3n) is 12.3. The molecule has 0 aliphatic carbocycles. The van der Waals surface area contributed by atoms with Gasteiger partial charge in [0.1, 0.15) is 19.3 Å². The van der Waals surface area contributed by atoms with Crippen LogP contribution in [0.1, 0.15) is 160 Å². The van der Waals surface area contributed by atoms with E-state index in [1.54, 1.807) is 27.7 Å². The first kappa shape index (κ1) is 74.8. The number of primary amides is 2. The van der Waals surface area contributed by atoms with Crippen LogP contribution in [0.25, 0.3) is 0 Å². The summed E-state index contributed by atoms with van der Waals surface area (Å²) in [5.41, 5.74) is 12.8. The lowest BCUT2D eigenvalue weighted by molar-refractivity contribution is -0.129. The van der Waals surface area contributed by atoms with Gasteiger partial charge in [-0.05, 0) is 105 Å². The fourth-order valence-electron chi connectivity index (χ4n) is 6.40. The monoisotopic (exact) mass is 1080 g/mol. The van der Waals surface area contributed by atoms with Crippen molar-refractivity contribution in [3.05, 3.63) is 18.4 Å². The Bertz CT molecular complexity index is 1740. The SMILES string of the molecule is C.C/C(=N\O)C(C)(C)NCC(CNC(C)(C)/C(C)=N/O)NC(=O)CCCC(=O)N[C@@H](CCCCNC(=O)COCCOCCOCC(=O)NCCCC[C@H](C)C(N)=O)C(=O)NCCCC[C@H](C)C(N)=O.C=C=CCCC. The maximum Gasteiger partial charge on any atom is 0.245 e. The molecule has 0 unspecified atom stereocenters. The van der Waals surface area contributed by atoms with Crippen molar-refractivity contribution in [1.29, 1.82) is 0 Å². The van der Waals surface area contributed by atoms with Crippen LogP contribution in [-0.2, 0) is 47.8 Å². The van der Waals surface area contributed by atoms with Crippen molar-refractivity contribution < 1.29 is 58.2 Å². The van der Waals surface area contributed by atoms with Crippen molar-refractivity contribution in [1.82, 2.24) is 37.2 Å². The lowest BCUT2D eigenvalue weighted by atomic mass is 9.98. The Kier molecular flexibility index (Phi) is 45.0. The predicted molar refractivity (Wildman–Crippen MR) is 297 cm³/mol. The zero-order chi connectivity index (χ0) is 57.1. The molecule has 3 atom stereocenters. The molecule has 0 spiro atoms. The summed E-state index contributed by atoms with van der Waals surface area (Å²) in [6.07, 6.45) is 9.86. The van der Waals surface area contributed by atoms with E-state index >= 15 is 0 Å². The lowest BCUT2D eigenvalue weighted by Gasteiger charge is -2.32. The van der Waals surface area contributed by atoms with Crippen LogP contribution in [0.15, 0.2) is 28.7 Å². The van der Waals surface area contributed by atoms with E-state index < -0.39 is 29.1 Å². The highest BCUT2D eigenvalue weighted by Gasteiger charge is 2.27. The Morgan fingerprint density at radius 1 is 0.618 bits per heavy atom. The number of rotatable bonds is 44. The number of nitrogens with zero attached hydrogens (tertiary/aromatic N) is 2. The molecular formula is C53H101N11O12. The number of ether oxygens (including phenoxy) is 3. The lowest BCUT2D eigenvalue weighted by Crippen LogP contribution is -2.57. The van der Waals surface area contributed by atoms with Gasteiger partial charge in [0, 0.05) is 57.4 Å². The van der Waals surface area contributed by atoms with Gasteiger partial charge in [-0.1, -0.05) is 64.4 Å². The van der Waals surface area contributed by atoms with E-state index in [2.05, 4.69) is 66.8 Å². The molecule has 76 heavy (non-hydrogen) atoms. The van der Waals surface area contributed by atoms with Gasteiger partial charge in [0.15, 0.2) is 0 Å². The standard InChI is InChI=1S/C46H87N11O12.C6H10.CH4/c1-32(42(47)62)16-9-12-21-49-40(60)30-68-26-24-67-25-27-69-31-41(61)50-22-14-11-18-37(44(64)51-23-13-10-17-33(2)43(48)63)55-39(59)20-15-19-38(58)54-36(28-52-45(5,6)34(3)56-65)29-53-46(7,8)35(4)57-66;1-3-5-6-4-2;/h32-33,36-37,52-53,65-66H,9-31H2,1-8H3,(H2,47,62)(H2,48,63)(H,49,60)(H,50,61)(H,51,64)(H,54,58)(H,55,59);5H,1,4,6H2,2H3;1H4/b56-34+,57-35+;;/t32-,33-,37-;;/m0../s1. The van der Waals surface area contributed by atoms with E-state index in [-0.39, 0.29) is 114 Å². The molecule has 0 radical (unpaired) electrons. The quantitative estimate of drug-likeness (QED) is 0.0137. The van der Waals surface area contributed by atoms with Crippen molar-refractivity contribution >= 4 is 52.8 Å². The zero-order valence-electron chi connectivity index (χ0n) is 46.8. The summed E-state index contributed by atoms with van der Waals surface area (Å²) in [6.45, 7) is 22.1. The van der Waals surface area contributed by atoms with Crippen molar-refractivity contribution in [2.75, 3.05) is 72.4 Å². The van der Waals surface area contributed by atoms with Crippen molar-refractivity contribution in [2.45, 2.75) is 183 Å². The number of nitrogens with two attached hydrogens (primary N) is 2. The summed E-state index contributed by atoms with van der Waals surface area (Å²) in [6, 6.07) is -1.30. The third kappa shape index (κ3) is 40.8. The van der Waals surface area contributed by atoms with E-state index in [0.717, 1.165) is 19.3 Å². The van der Waals surface area contributed by atoms with Crippen LogP contribution in [-0.4, -0.2) is 159 Å². The Morgan fingerprint density at radius 2 is 1.03 bits per heavy atom. The van der Waals surface area contributed by atoms with Gasteiger partial charge in [0.25, 0.3) is 0 Å². The predicted octanol–water partition coefficient (Wildman–Crippen LogP) is 3.48. The van der Waals surface area contributed by atoms with Crippen LogP contribution in [0, 0.1) is 11.8 Å². The number of hydrogen-bond donors (Lipinski definition) is 11. The highest BCUT2D eigenvalue weighted by Crippen LogP contribution is 2.10. The molecule has 0 saturated carbocycles. The Labute approximate surface area is 454 Å². The second kappa shape index (κ2) is 45.7. The summed E-state index contributed by atoms with van der Waals surface area (Å²) in [5, 5.41) is 46.0. The second-order valence-corrected chi connectivity index (χ2v) is 19.6. The molecule has 0 saturated heterocycles. The first-order chi connectivity index (χ1) is 35.5. The molecule has 0 bridgehead atoms. The molecular weight excluding hydrogens is 983 g/mol. The van der Waals surface area contributed by atoms with Gasteiger partial charge in [0.2, 0.25) is 41.4 Å². The van der Waals surface area contributed by atoms with Gasteiger partial charge >= 0.3 is 0 Å². The summed E-state index contributed by atoms with van der Waals surface area (Å²) < 4.78 is 16.1. The number of carbonyl (C=O) groups excluding carboxylic acids is 7. The fourth-order valence-corrected chi connectivity index (χ4v) is 6.40. The van der Waals surface area contributed by atoms with Crippen LogP contribution in [0.3, 0.4) is 0 Å². The van der Waals surface area contributed by atoms with Gasteiger partial charge in [0.05, 0.1) is 55.0 Å². The fraction of sp³-hybridized carbons (Fsp3) is 0.774. The normalized spacial score (nSPS) is 13.2. The van der Waals surface area contributed by atoms with Crippen LogP contribution in [0.2, 0.25) is 0 Å². The van der Waals surface area contributed by atoms with Gasteiger partial charge in [-0.3, -0.25) is 33.6 Å². The van der Waals surface area contributed by atoms with E-state index in [4.69, 9.17) is 25.7 Å². The van der Waals surface area contributed by atoms with Crippen molar-refractivity contribution in [3.63, 3.8) is 0 Å². The van der Waals surface area contributed by atoms with Gasteiger partial charge in [-0.15, -0.1) is 5.73 Å². The maximum atomic E-state index is 13.3. The van der Waals surface area contributed by atoms with Gasteiger partial charge in [-0.2, -0.15) is 0 Å². The molecule has 440 valence electrons. The number of nitrogens with one attached hydrogen (secondary N) is 7. The maximum absolute atomic E-state index is 13.3. The summed E-state index contributed by atoms with van der Waals surface area (Å²) in [4.78, 5) is 86.1. The molecule has 0 aromatic rings. The number of amides is 7. The molecule has 0 heterocycles. The number of unbranched alkanes of at least 4 members (excludes halogenated alkanes) is 4. The van der Waals surface area contributed by atoms with Crippen LogP contribution in [0.4, 0.5) is 0 Å². The average molecular weight is 1080 g/mol. The van der Waals surface area contributed by atoms with Gasteiger partial charge in [-0.25, -0.2) is 0 Å². The molecule has 0 fully saturated rings. The molecule has 23 heteroatoms. The van der Waals surface area contributed by atoms with E-state index in [0.29, 0.717) is 89.1 Å². The number of carbonyl (C=O) groups is 7. The highest BCUT2D eigenvalue weighted by molar-refractivity contribution is 5.91. The Morgan fingerprint density at radius 3 is 1.42 bits per heavy atom. The van der Waals surface area contributed by atoms with Crippen LogP contribution in [0.5, 0.6) is 0 Å². The topological polar surface area (TPSA) is 349 Å². The smallest absolute Gasteiger partial charge is 0.245 e. The Balaban J connectivity index is -0.00000714. The molecule has 0 aromatic carbocycles. The van der Waals surface area contributed by atoms with Gasteiger partial charge < -0.3 is 73.3 Å². The minimum absolute atomic E-state index is 0. The minimum atomic E-state index is -0.858. The van der Waals surface area contributed by atoms with Crippen molar-refractivity contribution in [2.24, 2.45) is 33.6 Å². The molecule has 13 N–H and O–H groups in total. The van der Waals surface area contributed by atoms with E-state index in [9.17, 15) is 44.0 Å². The molecule has 0 aromatic heterocycles. The third-order valence-corrected chi connectivity index (χ3v) is 12.3. The summed E-state index contributed by atoms with van der Waals surface area (Å²) >= 11 is 0. The Hall–Kier alpha value is -5.45. The number of hydrogen-bond acceptors (Lipinski definition) is 16. The van der Waals surface area contributed by atoms with Crippen LogP contribution < -0.4 is 48.7 Å². The average Bonchev–Trinajstić information content (AvgIpc) is 3.36. The molecule has 0 aliphatic rings.